The van der Waals surface area contributed by atoms with Gasteiger partial charge in [-0.1, -0.05) is 37.6 Å². The molecular formula is C16H26N2O. The number of hydrogen-bond acceptors (Lipinski definition) is 2. The Bertz CT molecular complexity index is 438. The molecule has 0 bridgehead atoms. The van der Waals surface area contributed by atoms with Crippen molar-refractivity contribution in [1.82, 2.24) is 5.32 Å². The summed E-state index contributed by atoms with van der Waals surface area (Å²) in [6, 6.07) is 6.37. The average molecular weight is 262 g/mol. The van der Waals surface area contributed by atoms with E-state index in [1.807, 2.05) is 0 Å². The number of amides is 1. The second-order valence-corrected chi connectivity index (χ2v) is 6.08. The molecule has 1 rings (SSSR count). The molecular weight excluding hydrogens is 236 g/mol. The molecule has 0 aliphatic rings. The summed E-state index contributed by atoms with van der Waals surface area (Å²) < 4.78 is 0. The molecule has 0 radical (unpaired) electrons. The number of benzene rings is 1. The fourth-order valence-electron chi connectivity index (χ4n) is 1.82. The summed E-state index contributed by atoms with van der Waals surface area (Å²) in [6.45, 7) is 9.48. The van der Waals surface area contributed by atoms with E-state index in [2.05, 4.69) is 51.2 Å². The number of carbonyl (C=O) groups excluding carboxylic acids is 1. The lowest BCUT2D eigenvalue weighted by Crippen LogP contribution is -2.38. The van der Waals surface area contributed by atoms with Crippen molar-refractivity contribution in [3.8, 4) is 0 Å². The summed E-state index contributed by atoms with van der Waals surface area (Å²) >= 11 is 0. The van der Waals surface area contributed by atoms with E-state index < -0.39 is 0 Å². The molecule has 1 aromatic rings. The van der Waals surface area contributed by atoms with E-state index in [1.54, 1.807) is 0 Å². The quantitative estimate of drug-likeness (QED) is 0.826. The van der Waals surface area contributed by atoms with Gasteiger partial charge in [-0.2, -0.15) is 0 Å². The van der Waals surface area contributed by atoms with Gasteiger partial charge >= 0.3 is 0 Å². The first kappa shape index (κ1) is 15.7. The monoisotopic (exact) mass is 262 g/mol. The minimum absolute atomic E-state index is 0.0328. The van der Waals surface area contributed by atoms with Crippen LogP contribution in [0.3, 0.4) is 0 Å². The maximum Gasteiger partial charge on any atom is 0.220 e. The molecule has 0 unspecified atom stereocenters. The van der Waals surface area contributed by atoms with Crippen molar-refractivity contribution in [2.45, 2.75) is 40.5 Å². The lowest BCUT2D eigenvalue weighted by atomic mass is 9.94. The van der Waals surface area contributed by atoms with Gasteiger partial charge in [0.2, 0.25) is 5.91 Å². The van der Waals surface area contributed by atoms with Crippen LogP contribution >= 0.6 is 0 Å². The highest BCUT2D eigenvalue weighted by Gasteiger charge is 2.16. The standard InChI is InChI=1S/C16H26N2O/c1-12-5-6-13(2)14(9-12)7-8-15(19)18-11-16(3,4)10-17/h5-6,9H,7-8,10-11,17H2,1-4H3,(H,18,19). The highest BCUT2D eigenvalue weighted by Crippen LogP contribution is 2.13. The Labute approximate surface area is 116 Å². The zero-order valence-electron chi connectivity index (χ0n) is 12.5. The number of hydrogen-bond donors (Lipinski definition) is 2. The molecule has 0 aliphatic heterocycles. The molecule has 1 amide bonds. The third-order valence-corrected chi connectivity index (χ3v) is 3.44. The van der Waals surface area contributed by atoms with E-state index in [4.69, 9.17) is 5.73 Å². The molecule has 0 aliphatic carbocycles. The molecule has 0 aromatic heterocycles. The lowest BCUT2D eigenvalue weighted by molar-refractivity contribution is -0.121. The van der Waals surface area contributed by atoms with E-state index in [0.29, 0.717) is 19.5 Å². The van der Waals surface area contributed by atoms with Crippen molar-refractivity contribution in [2.75, 3.05) is 13.1 Å². The van der Waals surface area contributed by atoms with Gasteiger partial charge < -0.3 is 11.1 Å². The van der Waals surface area contributed by atoms with Gasteiger partial charge in [-0.3, -0.25) is 4.79 Å². The molecule has 0 saturated heterocycles. The van der Waals surface area contributed by atoms with E-state index in [9.17, 15) is 4.79 Å². The van der Waals surface area contributed by atoms with Gasteiger partial charge in [0.1, 0.15) is 0 Å². The van der Waals surface area contributed by atoms with Crippen molar-refractivity contribution in [2.24, 2.45) is 11.1 Å². The summed E-state index contributed by atoms with van der Waals surface area (Å²) in [5, 5.41) is 2.96. The van der Waals surface area contributed by atoms with Crippen LogP contribution in [0.5, 0.6) is 0 Å². The fraction of sp³-hybridized carbons (Fsp3) is 0.562. The second-order valence-electron chi connectivity index (χ2n) is 6.08. The normalized spacial score (nSPS) is 11.4. The predicted octanol–water partition coefficient (Wildman–Crippen LogP) is 2.34. The van der Waals surface area contributed by atoms with Gasteiger partial charge in [-0.05, 0) is 43.4 Å². The van der Waals surface area contributed by atoms with Crippen molar-refractivity contribution < 1.29 is 4.79 Å². The maximum absolute atomic E-state index is 11.8. The third-order valence-electron chi connectivity index (χ3n) is 3.44. The Morgan fingerprint density at radius 2 is 2.00 bits per heavy atom. The minimum Gasteiger partial charge on any atom is -0.356 e. The first-order valence-electron chi connectivity index (χ1n) is 6.87. The fourth-order valence-corrected chi connectivity index (χ4v) is 1.82. The molecule has 0 heterocycles. The molecule has 0 fully saturated rings. The molecule has 0 spiro atoms. The smallest absolute Gasteiger partial charge is 0.220 e. The Morgan fingerprint density at radius 3 is 2.63 bits per heavy atom. The van der Waals surface area contributed by atoms with Gasteiger partial charge in [-0.15, -0.1) is 0 Å². The zero-order chi connectivity index (χ0) is 14.5. The summed E-state index contributed by atoms with van der Waals surface area (Å²) in [6.07, 6.45) is 1.33. The highest BCUT2D eigenvalue weighted by molar-refractivity contribution is 5.76. The number of carbonyl (C=O) groups is 1. The number of nitrogens with one attached hydrogen (secondary N) is 1. The van der Waals surface area contributed by atoms with Crippen molar-refractivity contribution in [1.29, 1.82) is 0 Å². The Kier molecular flexibility index (Phi) is 5.55. The van der Waals surface area contributed by atoms with E-state index in [1.165, 1.54) is 16.7 Å². The van der Waals surface area contributed by atoms with Crippen LogP contribution < -0.4 is 11.1 Å². The van der Waals surface area contributed by atoms with Gasteiger partial charge in [0.15, 0.2) is 0 Å². The molecule has 3 N–H and O–H groups in total. The zero-order valence-corrected chi connectivity index (χ0v) is 12.5. The van der Waals surface area contributed by atoms with E-state index >= 15 is 0 Å². The lowest BCUT2D eigenvalue weighted by Gasteiger charge is -2.22. The largest absolute Gasteiger partial charge is 0.356 e. The molecule has 106 valence electrons. The Morgan fingerprint density at radius 1 is 1.32 bits per heavy atom. The summed E-state index contributed by atoms with van der Waals surface area (Å²) in [4.78, 5) is 11.8. The van der Waals surface area contributed by atoms with Crippen LogP contribution in [0.1, 0.15) is 37.0 Å². The molecule has 0 atom stereocenters. The van der Waals surface area contributed by atoms with Crippen molar-refractivity contribution in [3.05, 3.63) is 34.9 Å². The van der Waals surface area contributed by atoms with Crippen LogP contribution in [-0.4, -0.2) is 19.0 Å². The van der Waals surface area contributed by atoms with Gasteiger partial charge in [0, 0.05) is 13.0 Å². The summed E-state index contributed by atoms with van der Waals surface area (Å²) in [7, 11) is 0. The Balaban J connectivity index is 2.44. The first-order chi connectivity index (χ1) is 8.84. The first-order valence-corrected chi connectivity index (χ1v) is 6.87. The minimum atomic E-state index is -0.0328. The number of nitrogens with two attached hydrogens (primary N) is 1. The van der Waals surface area contributed by atoms with Crippen molar-refractivity contribution >= 4 is 5.91 Å². The second kappa shape index (κ2) is 6.71. The third kappa shape index (κ3) is 5.43. The molecule has 3 nitrogen and oxygen atoms in total. The summed E-state index contributed by atoms with van der Waals surface area (Å²) in [5.41, 5.74) is 9.36. The van der Waals surface area contributed by atoms with Gasteiger partial charge in [0.05, 0.1) is 0 Å². The highest BCUT2D eigenvalue weighted by atomic mass is 16.1. The molecule has 1 aromatic carbocycles. The van der Waals surface area contributed by atoms with E-state index in [-0.39, 0.29) is 11.3 Å². The predicted molar refractivity (Wildman–Crippen MR) is 80.1 cm³/mol. The van der Waals surface area contributed by atoms with Gasteiger partial charge in [0.25, 0.3) is 0 Å². The van der Waals surface area contributed by atoms with Crippen LogP contribution in [0.4, 0.5) is 0 Å². The summed E-state index contributed by atoms with van der Waals surface area (Å²) in [5.74, 6) is 0.0995. The maximum atomic E-state index is 11.8. The average Bonchev–Trinajstić information content (AvgIpc) is 2.37. The van der Waals surface area contributed by atoms with Crippen LogP contribution in [-0.2, 0) is 11.2 Å². The Hall–Kier alpha value is -1.35. The SMILES string of the molecule is Cc1ccc(C)c(CCC(=O)NCC(C)(C)CN)c1. The van der Waals surface area contributed by atoms with Crippen molar-refractivity contribution in [3.63, 3.8) is 0 Å². The number of rotatable bonds is 6. The number of aryl methyl sites for hydroxylation is 3. The molecule has 19 heavy (non-hydrogen) atoms. The van der Waals surface area contributed by atoms with Crippen LogP contribution in [0.15, 0.2) is 18.2 Å². The van der Waals surface area contributed by atoms with E-state index in [0.717, 1.165) is 6.42 Å². The molecule has 3 heteroatoms. The van der Waals surface area contributed by atoms with Crippen LogP contribution in [0.25, 0.3) is 0 Å². The van der Waals surface area contributed by atoms with Crippen LogP contribution in [0.2, 0.25) is 0 Å². The topological polar surface area (TPSA) is 55.1 Å². The molecule has 0 saturated carbocycles. The van der Waals surface area contributed by atoms with Crippen LogP contribution in [0, 0.1) is 19.3 Å². The van der Waals surface area contributed by atoms with Gasteiger partial charge in [-0.25, -0.2) is 0 Å².